The van der Waals surface area contributed by atoms with Crippen LogP contribution in [0.1, 0.15) is 33.1 Å². The van der Waals surface area contributed by atoms with E-state index in [1.165, 1.54) is 4.90 Å². The van der Waals surface area contributed by atoms with Crippen LogP contribution in [0.2, 0.25) is 5.02 Å². The first-order valence-corrected chi connectivity index (χ1v) is 7.90. The molecule has 1 heterocycles. The maximum atomic E-state index is 12.6. The predicted octanol–water partition coefficient (Wildman–Crippen LogP) is 3.73. The number of hydrogen-bond donors (Lipinski definition) is 0. The van der Waals surface area contributed by atoms with Crippen molar-refractivity contribution >= 4 is 29.1 Å². The van der Waals surface area contributed by atoms with E-state index in [1.54, 1.807) is 18.2 Å². The Bertz CT molecular complexity index is 666. The molecule has 1 aliphatic carbocycles. The lowest BCUT2D eigenvalue weighted by Crippen LogP contribution is -2.46. The van der Waals surface area contributed by atoms with Crippen LogP contribution >= 0.6 is 11.6 Å². The minimum Gasteiger partial charge on any atom is -0.489 e. The van der Waals surface area contributed by atoms with Gasteiger partial charge in [0.15, 0.2) is 0 Å². The third-order valence-electron chi connectivity index (χ3n) is 3.91. The van der Waals surface area contributed by atoms with Crippen molar-refractivity contribution < 1.29 is 14.3 Å². The molecule has 1 aliphatic heterocycles. The summed E-state index contributed by atoms with van der Waals surface area (Å²) < 4.78 is 5.65. The van der Waals surface area contributed by atoms with Gasteiger partial charge in [0.2, 0.25) is 5.91 Å². The van der Waals surface area contributed by atoms with Crippen LogP contribution in [-0.4, -0.2) is 17.9 Å². The quantitative estimate of drug-likeness (QED) is 0.798. The number of anilines is 1. The molecule has 0 radical (unpaired) electrons. The highest BCUT2D eigenvalue weighted by atomic mass is 35.5. The molecular weight excluding hydrogens is 302 g/mol. The van der Waals surface area contributed by atoms with Crippen LogP contribution in [0.15, 0.2) is 29.8 Å². The topological polar surface area (TPSA) is 46.6 Å². The number of carbonyl (C=O) groups excluding carboxylic acids is 2. The number of rotatable bonds is 3. The Morgan fingerprint density at radius 1 is 1.32 bits per heavy atom. The molecule has 5 heteroatoms. The molecule has 3 rings (SSSR count). The van der Waals surface area contributed by atoms with Crippen LogP contribution < -0.4 is 9.64 Å². The highest BCUT2D eigenvalue weighted by Crippen LogP contribution is 2.36. The van der Waals surface area contributed by atoms with Gasteiger partial charge in [-0.3, -0.25) is 9.59 Å². The van der Waals surface area contributed by atoms with E-state index in [2.05, 4.69) is 0 Å². The van der Waals surface area contributed by atoms with Gasteiger partial charge in [-0.2, -0.15) is 0 Å². The summed E-state index contributed by atoms with van der Waals surface area (Å²) in [5.41, 5.74) is 1.25. The van der Waals surface area contributed by atoms with Gasteiger partial charge in [-0.1, -0.05) is 17.7 Å². The fraction of sp³-hybridized carbons (Fsp3) is 0.412. The summed E-state index contributed by atoms with van der Waals surface area (Å²) in [4.78, 5) is 26.3. The Morgan fingerprint density at radius 3 is 2.82 bits per heavy atom. The monoisotopic (exact) mass is 319 g/mol. The number of amides is 2. The van der Waals surface area contributed by atoms with Crippen molar-refractivity contribution in [1.82, 2.24) is 0 Å². The van der Waals surface area contributed by atoms with E-state index in [1.807, 2.05) is 19.9 Å². The summed E-state index contributed by atoms with van der Waals surface area (Å²) in [6.45, 7) is 3.80. The van der Waals surface area contributed by atoms with Gasteiger partial charge in [0.05, 0.1) is 22.7 Å². The summed E-state index contributed by atoms with van der Waals surface area (Å²) in [7, 11) is 0. The standard InChI is InChI=1S/C17H18ClNO3/c1-10(2)22-15-9-13(6-7-14(15)18)19-16(20)11-4-3-5-12(8-11)17(19)21/h6-11H,3-5H2,1-2H3. The SMILES string of the molecule is CC(C)Oc1cc(N2C(=O)C3=CC(CCC3)C2=O)ccc1Cl. The van der Waals surface area contributed by atoms with Crippen molar-refractivity contribution in [3.63, 3.8) is 0 Å². The van der Waals surface area contributed by atoms with E-state index < -0.39 is 0 Å². The van der Waals surface area contributed by atoms with E-state index in [4.69, 9.17) is 16.3 Å². The summed E-state index contributed by atoms with van der Waals surface area (Å²) in [6, 6.07) is 5.01. The fourth-order valence-corrected chi connectivity index (χ4v) is 3.09. The zero-order valence-electron chi connectivity index (χ0n) is 12.6. The molecule has 116 valence electrons. The molecule has 2 amide bonds. The van der Waals surface area contributed by atoms with E-state index in [-0.39, 0.29) is 23.8 Å². The molecule has 0 spiro atoms. The molecule has 22 heavy (non-hydrogen) atoms. The molecule has 2 aliphatic rings. The van der Waals surface area contributed by atoms with Crippen LogP contribution in [0.3, 0.4) is 0 Å². The maximum absolute atomic E-state index is 12.6. The average molecular weight is 320 g/mol. The summed E-state index contributed by atoms with van der Waals surface area (Å²) in [5.74, 6) is -0.0869. The smallest absolute Gasteiger partial charge is 0.260 e. The second kappa shape index (κ2) is 5.76. The van der Waals surface area contributed by atoms with E-state index in [0.29, 0.717) is 16.5 Å². The molecule has 1 aromatic rings. The summed E-state index contributed by atoms with van der Waals surface area (Å²) in [6.07, 6.45) is 4.22. The minimum atomic E-state index is -0.223. The zero-order chi connectivity index (χ0) is 15.9. The Morgan fingerprint density at radius 2 is 2.09 bits per heavy atom. The van der Waals surface area contributed by atoms with Gasteiger partial charge in [-0.15, -0.1) is 0 Å². The Hall–Kier alpha value is -1.81. The largest absolute Gasteiger partial charge is 0.489 e. The third-order valence-corrected chi connectivity index (χ3v) is 4.23. The lowest BCUT2D eigenvalue weighted by molar-refractivity contribution is -0.128. The first-order valence-electron chi connectivity index (χ1n) is 7.52. The number of hydrogen-bond acceptors (Lipinski definition) is 3. The van der Waals surface area contributed by atoms with Crippen molar-refractivity contribution in [2.45, 2.75) is 39.2 Å². The Labute approximate surface area is 134 Å². The minimum absolute atomic E-state index is 0.0393. The molecule has 1 atom stereocenters. The molecule has 2 bridgehead atoms. The van der Waals surface area contributed by atoms with Crippen LogP contribution in [0.4, 0.5) is 5.69 Å². The molecule has 0 fully saturated rings. The number of nitrogens with zero attached hydrogens (tertiary/aromatic N) is 1. The Balaban J connectivity index is 1.98. The van der Waals surface area contributed by atoms with Crippen molar-refractivity contribution in [3.8, 4) is 5.75 Å². The molecule has 1 unspecified atom stereocenters. The van der Waals surface area contributed by atoms with Crippen LogP contribution in [0.5, 0.6) is 5.75 Å². The van der Waals surface area contributed by atoms with E-state index >= 15 is 0 Å². The number of fused-ring (bicyclic) bond motifs is 1. The zero-order valence-corrected chi connectivity index (χ0v) is 13.4. The van der Waals surface area contributed by atoms with Crippen molar-refractivity contribution in [2.24, 2.45) is 5.92 Å². The van der Waals surface area contributed by atoms with Gasteiger partial charge in [0.25, 0.3) is 5.91 Å². The van der Waals surface area contributed by atoms with Crippen molar-refractivity contribution in [3.05, 3.63) is 34.9 Å². The highest BCUT2D eigenvalue weighted by Gasteiger charge is 2.38. The molecule has 0 aromatic heterocycles. The summed E-state index contributed by atoms with van der Waals surface area (Å²) >= 11 is 6.12. The maximum Gasteiger partial charge on any atom is 0.260 e. The molecular formula is C17H18ClNO3. The third kappa shape index (κ3) is 2.63. The number of benzene rings is 1. The first kappa shape index (κ1) is 15.1. The van der Waals surface area contributed by atoms with Gasteiger partial charge in [0, 0.05) is 11.6 Å². The summed E-state index contributed by atoms with van der Waals surface area (Å²) in [5, 5.41) is 0.466. The second-order valence-electron chi connectivity index (χ2n) is 5.95. The normalized spacial score (nSPS) is 21.2. The molecule has 0 saturated carbocycles. The van der Waals surface area contributed by atoms with Gasteiger partial charge >= 0.3 is 0 Å². The fourth-order valence-electron chi connectivity index (χ4n) is 2.92. The average Bonchev–Trinajstić information content (AvgIpc) is 2.49. The van der Waals surface area contributed by atoms with Crippen LogP contribution in [0, 0.1) is 5.92 Å². The molecule has 0 saturated heterocycles. The second-order valence-corrected chi connectivity index (χ2v) is 6.36. The number of carbonyl (C=O) groups is 2. The Kier molecular flexibility index (Phi) is 3.96. The number of imide groups is 1. The first-order chi connectivity index (χ1) is 10.5. The number of halogens is 1. The van der Waals surface area contributed by atoms with Gasteiger partial charge in [0.1, 0.15) is 5.75 Å². The molecule has 0 N–H and O–H groups in total. The van der Waals surface area contributed by atoms with Crippen molar-refractivity contribution in [2.75, 3.05) is 4.90 Å². The molecule has 1 aromatic carbocycles. The predicted molar refractivity (Wildman–Crippen MR) is 85.1 cm³/mol. The lowest BCUT2D eigenvalue weighted by Gasteiger charge is -2.33. The van der Waals surface area contributed by atoms with Gasteiger partial charge in [-0.25, -0.2) is 4.90 Å². The van der Waals surface area contributed by atoms with Crippen LogP contribution in [0.25, 0.3) is 0 Å². The van der Waals surface area contributed by atoms with E-state index in [9.17, 15) is 9.59 Å². The van der Waals surface area contributed by atoms with Gasteiger partial charge < -0.3 is 4.74 Å². The van der Waals surface area contributed by atoms with Crippen molar-refractivity contribution in [1.29, 1.82) is 0 Å². The lowest BCUT2D eigenvalue weighted by atomic mass is 9.85. The van der Waals surface area contributed by atoms with E-state index in [0.717, 1.165) is 24.8 Å². The van der Waals surface area contributed by atoms with Gasteiger partial charge in [-0.05, 0) is 45.2 Å². The highest BCUT2D eigenvalue weighted by molar-refractivity contribution is 6.32. The molecule has 4 nitrogen and oxygen atoms in total. The number of ether oxygens (including phenoxy) is 1. The van der Waals surface area contributed by atoms with Crippen LogP contribution in [-0.2, 0) is 9.59 Å².